The van der Waals surface area contributed by atoms with E-state index in [-0.39, 0.29) is 11.9 Å². The molecular weight excluding hydrogens is 212 g/mol. The van der Waals surface area contributed by atoms with Crippen molar-refractivity contribution in [3.05, 3.63) is 29.8 Å². The van der Waals surface area contributed by atoms with Crippen molar-refractivity contribution in [3.8, 4) is 0 Å². The van der Waals surface area contributed by atoms with Crippen LogP contribution in [0.4, 0.5) is 5.69 Å². The summed E-state index contributed by atoms with van der Waals surface area (Å²) in [4.78, 5) is 11.7. The monoisotopic (exact) mass is 234 g/mol. The molecular formula is C14H22N2O. The fourth-order valence-electron chi connectivity index (χ4n) is 1.67. The first kappa shape index (κ1) is 13.6. The number of anilines is 1. The lowest BCUT2D eigenvalue weighted by Crippen LogP contribution is -2.38. The normalized spacial score (nSPS) is 11.9. The molecule has 17 heavy (non-hydrogen) atoms. The van der Waals surface area contributed by atoms with E-state index in [1.807, 2.05) is 32.0 Å². The highest BCUT2D eigenvalue weighted by atomic mass is 16.2. The summed E-state index contributed by atoms with van der Waals surface area (Å²) in [5.41, 5.74) is 2.29. The minimum absolute atomic E-state index is 0.0535. The number of aryl methyl sites for hydroxylation is 1. The van der Waals surface area contributed by atoms with Crippen LogP contribution in [-0.2, 0) is 11.2 Å². The molecule has 0 saturated heterocycles. The molecule has 2 N–H and O–H groups in total. The summed E-state index contributed by atoms with van der Waals surface area (Å²) in [6.45, 7) is 6.78. The van der Waals surface area contributed by atoms with Gasteiger partial charge in [0.15, 0.2) is 0 Å². The number of carbonyl (C=O) groups excluding carboxylic acids is 1. The summed E-state index contributed by atoms with van der Waals surface area (Å²) in [7, 11) is 0. The third-order valence-electron chi connectivity index (χ3n) is 2.71. The molecule has 0 fully saturated rings. The molecule has 94 valence electrons. The molecule has 1 atom stereocenters. The van der Waals surface area contributed by atoms with Crippen molar-refractivity contribution in [1.82, 2.24) is 5.32 Å². The van der Waals surface area contributed by atoms with E-state index < -0.39 is 0 Å². The predicted molar refractivity (Wildman–Crippen MR) is 72.2 cm³/mol. The van der Waals surface area contributed by atoms with Gasteiger partial charge in [-0.2, -0.15) is 0 Å². The molecule has 0 saturated carbocycles. The number of carbonyl (C=O) groups is 1. The van der Waals surface area contributed by atoms with E-state index in [2.05, 4.69) is 23.6 Å². The molecule has 0 heterocycles. The zero-order valence-electron chi connectivity index (χ0n) is 10.9. The van der Waals surface area contributed by atoms with E-state index in [1.54, 1.807) is 0 Å². The summed E-state index contributed by atoms with van der Waals surface area (Å²) in [6, 6.07) is 7.90. The van der Waals surface area contributed by atoms with Crippen molar-refractivity contribution < 1.29 is 4.79 Å². The number of para-hydroxylation sites is 1. The van der Waals surface area contributed by atoms with Crippen LogP contribution in [0.3, 0.4) is 0 Å². The summed E-state index contributed by atoms with van der Waals surface area (Å²) in [6.07, 6.45) is 1.93. The van der Waals surface area contributed by atoms with Crippen LogP contribution in [0, 0.1) is 0 Å². The van der Waals surface area contributed by atoms with E-state index in [9.17, 15) is 4.79 Å². The Bertz CT molecular complexity index is 363. The van der Waals surface area contributed by atoms with E-state index >= 15 is 0 Å². The first-order valence-corrected chi connectivity index (χ1v) is 6.31. The highest BCUT2D eigenvalue weighted by molar-refractivity contribution is 5.84. The number of hydrogen-bond donors (Lipinski definition) is 2. The van der Waals surface area contributed by atoms with Gasteiger partial charge in [0.25, 0.3) is 0 Å². The number of hydrogen-bond acceptors (Lipinski definition) is 2. The maximum atomic E-state index is 11.7. The zero-order chi connectivity index (χ0) is 12.7. The quantitative estimate of drug-likeness (QED) is 0.794. The number of rotatable bonds is 6. The zero-order valence-corrected chi connectivity index (χ0v) is 10.9. The van der Waals surface area contributed by atoms with Crippen LogP contribution in [0.1, 0.15) is 32.8 Å². The fraction of sp³-hybridized carbons (Fsp3) is 0.500. The molecule has 0 aromatic heterocycles. The highest BCUT2D eigenvalue weighted by Crippen LogP contribution is 2.16. The van der Waals surface area contributed by atoms with Crippen molar-refractivity contribution >= 4 is 11.6 Å². The second kappa shape index (κ2) is 6.94. The lowest BCUT2D eigenvalue weighted by Gasteiger charge is -2.17. The van der Waals surface area contributed by atoms with Crippen molar-refractivity contribution in [1.29, 1.82) is 0 Å². The van der Waals surface area contributed by atoms with Crippen LogP contribution in [0.2, 0.25) is 0 Å². The molecule has 1 aromatic carbocycles. The second-order valence-corrected chi connectivity index (χ2v) is 4.17. The van der Waals surface area contributed by atoms with Gasteiger partial charge in [-0.15, -0.1) is 0 Å². The molecule has 1 rings (SSSR count). The highest BCUT2D eigenvalue weighted by Gasteiger charge is 2.12. The van der Waals surface area contributed by atoms with Crippen molar-refractivity contribution in [2.75, 3.05) is 11.9 Å². The van der Waals surface area contributed by atoms with Gasteiger partial charge in [0, 0.05) is 12.2 Å². The van der Waals surface area contributed by atoms with Gasteiger partial charge in [-0.25, -0.2) is 0 Å². The fourth-order valence-corrected chi connectivity index (χ4v) is 1.67. The Morgan fingerprint density at radius 1 is 1.29 bits per heavy atom. The third kappa shape index (κ3) is 4.10. The van der Waals surface area contributed by atoms with E-state index in [4.69, 9.17) is 0 Å². The SMILES string of the molecule is CCCNC(=O)C(C)Nc1ccccc1CC. The Morgan fingerprint density at radius 2 is 2.00 bits per heavy atom. The molecule has 3 heteroatoms. The lowest BCUT2D eigenvalue weighted by molar-refractivity contribution is -0.121. The van der Waals surface area contributed by atoms with Crippen molar-refractivity contribution in [3.63, 3.8) is 0 Å². The lowest BCUT2D eigenvalue weighted by atomic mass is 10.1. The van der Waals surface area contributed by atoms with Crippen LogP contribution in [-0.4, -0.2) is 18.5 Å². The molecule has 1 aromatic rings. The first-order chi connectivity index (χ1) is 8.19. The summed E-state index contributed by atoms with van der Waals surface area (Å²) < 4.78 is 0. The molecule has 0 aliphatic carbocycles. The molecule has 0 radical (unpaired) electrons. The Hall–Kier alpha value is -1.51. The van der Waals surface area contributed by atoms with E-state index in [0.29, 0.717) is 0 Å². The summed E-state index contributed by atoms with van der Waals surface area (Å²) in [5, 5.41) is 6.15. The van der Waals surface area contributed by atoms with Crippen LogP contribution in [0.15, 0.2) is 24.3 Å². The number of nitrogens with one attached hydrogen (secondary N) is 2. The average molecular weight is 234 g/mol. The molecule has 0 aliphatic heterocycles. The molecule has 1 amide bonds. The van der Waals surface area contributed by atoms with Gasteiger partial charge in [0.2, 0.25) is 5.91 Å². The molecule has 3 nitrogen and oxygen atoms in total. The Labute approximate surface area is 104 Å². The van der Waals surface area contributed by atoms with Gasteiger partial charge >= 0.3 is 0 Å². The van der Waals surface area contributed by atoms with Gasteiger partial charge < -0.3 is 10.6 Å². The van der Waals surface area contributed by atoms with Gasteiger partial charge in [0.1, 0.15) is 6.04 Å². The average Bonchev–Trinajstić information content (AvgIpc) is 2.36. The molecule has 0 spiro atoms. The number of benzene rings is 1. The van der Waals surface area contributed by atoms with Crippen molar-refractivity contribution in [2.45, 2.75) is 39.7 Å². The van der Waals surface area contributed by atoms with Gasteiger partial charge in [0.05, 0.1) is 0 Å². The minimum atomic E-state index is -0.200. The Kier molecular flexibility index (Phi) is 5.53. The summed E-state index contributed by atoms with van der Waals surface area (Å²) >= 11 is 0. The first-order valence-electron chi connectivity index (χ1n) is 6.31. The largest absolute Gasteiger partial charge is 0.374 e. The third-order valence-corrected chi connectivity index (χ3v) is 2.71. The van der Waals surface area contributed by atoms with E-state index in [1.165, 1.54) is 5.56 Å². The van der Waals surface area contributed by atoms with Gasteiger partial charge in [-0.3, -0.25) is 4.79 Å². The number of amides is 1. The predicted octanol–water partition coefficient (Wildman–Crippen LogP) is 2.58. The maximum absolute atomic E-state index is 11.7. The van der Waals surface area contributed by atoms with E-state index in [0.717, 1.165) is 25.1 Å². The van der Waals surface area contributed by atoms with Crippen molar-refractivity contribution in [2.24, 2.45) is 0 Å². The van der Waals surface area contributed by atoms with Crippen LogP contribution < -0.4 is 10.6 Å². The summed E-state index contributed by atoms with van der Waals surface area (Å²) in [5.74, 6) is 0.0535. The molecule has 0 bridgehead atoms. The Morgan fingerprint density at radius 3 is 2.65 bits per heavy atom. The van der Waals surface area contributed by atoms with Gasteiger partial charge in [-0.05, 0) is 31.4 Å². The standard InChI is InChI=1S/C14H22N2O/c1-4-10-15-14(17)11(3)16-13-9-7-6-8-12(13)5-2/h6-9,11,16H,4-5,10H2,1-3H3,(H,15,17). The van der Waals surface area contributed by atoms with Gasteiger partial charge in [-0.1, -0.05) is 32.0 Å². The maximum Gasteiger partial charge on any atom is 0.242 e. The van der Waals surface area contributed by atoms with Crippen LogP contribution >= 0.6 is 0 Å². The second-order valence-electron chi connectivity index (χ2n) is 4.17. The molecule has 0 aliphatic rings. The Balaban J connectivity index is 2.60. The topological polar surface area (TPSA) is 41.1 Å². The van der Waals surface area contributed by atoms with Crippen LogP contribution in [0.5, 0.6) is 0 Å². The molecule has 1 unspecified atom stereocenters. The smallest absolute Gasteiger partial charge is 0.242 e. The minimum Gasteiger partial charge on any atom is -0.374 e. The van der Waals surface area contributed by atoms with Crippen LogP contribution in [0.25, 0.3) is 0 Å².